The number of fused-ring (bicyclic) bond motifs is 2. The van der Waals surface area contributed by atoms with Gasteiger partial charge in [0.25, 0.3) is 0 Å². The Bertz CT molecular complexity index is 997. The molecule has 2 N–H and O–H groups in total. The molecule has 0 spiro atoms. The molecule has 2 heterocycles. The van der Waals surface area contributed by atoms with Crippen molar-refractivity contribution in [2.75, 3.05) is 14.2 Å². The summed E-state index contributed by atoms with van der Waals surface area (Å²) in [5, 5.41) is 0. The third-order valence-electron chi connectivity index (χ3n) is 3.26. The van der Waals surface area contributed by atoms with Gasteiger partial charge in [0.2, 0.25) is 0 Å². The Hall–Kier alpha value is -3.42. The predicted molar refractivity (Wildman–Crippen MR) is 86.8 cm³/mol. The quantitative estimate of drug-likeness (QED) is 0.583. The van der Waals surface area contributed by atoms with Gasteiger partial charge in [-0.3, -0.25) is 9.97 Å². The molecular formula is C16H14N2O6. The number of hydrogen-bond donors (Lipinski definition) is 2. The van der Waals surface area contributed by atoms with Crippen LogP contribution in [0.3, 0.4) is 0 Å². The summed E-state index contributed by atoms with van der Waals surface area (Å²) in [4.78, 5) is 26.5. The molecule has 0 atom stereocenters. The van der Waals surface area contributed by atoms with Gasteiger partial charge in [-0.25, -0.2) is 9.59 Å². The maximum absolute atomic E-state index is 10.7. The maximum Gasteiger partial charge on any atom is 0.417 e. The molecule has 0 saturated carbocycles. The van der Waals surface area contributed by atoms with Gasteiger partial charge in [-0.15, -0.1) is 0 Å². The van der Waals surface area contributed by atoms with E-state index < -0.39 is 11.5 Å². The molecule has 0 radical (unpaired) electrons. The van der Waals surface area contributed by atoms with E-state index in [0.29, 0.717) is 33.7 Å². The lowest BCUT2D eigenvalue weighted by atomic mass is 10.3. The first-order valence-corrected chi connectivity index (χ1v) is 6.93. The number of ether oxygens (including phenoxy) is 2. The summed E-state index contributed by atoms with van der Waals surface area (Å²) in [6.45, 7) is 0. The van der Waals surface area contributed by atoms with Crippen LogP contribution in [0.25, 0.3) is 22.2 Å². The van der Waals surface area contributed by atoms with Gasteiger partial charge in [0.15, 0.2) is 11.2 Å². The van der Waals surface area contributed by atoms with E-state index in [9.17, 15) is 9.59 Å². The van der Waals surface area contributed by atoms with Crippen LogP contribution < -0.4 is 21.0 Å². The minimum Gasteiger partial charge on any atom is -0.497 e. The fourth-order valence-electron chi connectivity index (χ4n) is 2.11. The number of H-pyrrole nitrogens is 2. The molecule has 0 bridgehead atoms. The van der Waals surface area contributed by atoms with E-state index in [1.807, 2.05) is 0 Å². The molecule has 0 aliphatic heterocycles. The average Bonchev–Trinajstić information content (AvgIpc) is 3.13. The second-order valence-electron chi connectivity index (χ2n) is 4.75. The number of aromatic amines is 2. The number of aromatic nitrogens is 2. The standard InChI is InChI=1S/2C8H7NO3/c2*1-11-5-2-3-6-7(4-5)12-8(10)9-6/h2*2-4H,1H3,(H,9,10). The lowest BCUT2D eigenvalue weighted by Gasteiger charge is -1.95. The normalized spacial score (nSPS) is 10.4. The molecule has 0 unspecified atom stereocenters. The molecule has 2 aromatic carbocycles. The van der Waals surface area contributed by atoms with Crippen molar-refractivity contribution < 1.29 is 18.3 Å². The van der Waals surface area contributed by atoms with E-state index in [-0.39, 0.29) is 0 Å². The van der Waals surface area contributed by atoms with Crippen molar-refractivity contribution in [2.24, 2.45) is 0 Å². The van der Waals surface area contributed by atoms with Gasteiger partial charge in [0.05, 0.1) is 25.3 Å². The topological polar surface area (TPSA) is 110 Å². The number of methoxy groups -OCH3 is 2. The van der Waals surface area contributed by atoms with Gasteiger partial charge in [-0.1, -0.05) is 0 Å². The first-order valence-electron chi connectivity index (χ1n) is 6.93. The Morgan fingerprint density at radius 3 is 1.54 bits per heavy atom. The van der Waals surface area contributed by atoms with Gasteiger partial charge in [0, 0.05) is 12.1 Å². The van der Waals surface area contributed by atoms with E-state index in [0.717, 1.165) is 0 Å². The Morgan fingerprint density at radius 2 is 1.17 bits per heavy atom. The van der Waals surface area contributed by atoms with Crippen molar-refractivity contribution in [1.29, 1.82) is 0 Å². The summed E-state index contributed by atoms with van der Waals surface area (Å²) >= 11 is 0. The average molecular weight is 330 g/mol. The molecule has 0 saturated heterocycles. The van der Waals surface area contributed by atoms with Crippen molar-refractivity contribution in [1.82, 2.24) is 9.97 Å². The van der Waals surface area contributed by atoms with Crippen molar-refractivity contribution in [3.63, 3.8) is 0 Å². The first kappa shape index (κ1) is 15.5. The second-order valence-corrected chi connectivity index (χ2v) is 4.75. The zero-order valence-corrected chi connectivity index (χ0v) is 12.9. The SMILES string of the molecule is COc1ccc2[nH]c(=O)oc2c1.COc1ccc2[nH]c(=O)oc2c1. The molecule has 4 aromatic rings. The van der Waals surface area contributed by atoms with Crippen molar-refractivity contribution in [3.05, 3.63) is 57.5 Å². The van der Waals surface area contributed by atoms with Gasteiger partial charge in [-0.05, 0) is 24.3 Å². The van der Waals surface area contributed by atoms with E-state index in [4.69, 9.17) is 18.3 Å². The minimum atomic E-state index is -0.446. The summed E-state index contributed by atoms with van der Waals surface area (Å²) in [5.41, 5.74) is 2.39. The van der Waals surface area contributed by atoms with Gasteiger partial charge >= 0.3 is 11.5 Å². The molecule has 0 amide bonds. The van der Waals surface area contributed by atoms with Crippen LogP contribution in [0.5, 0.6) is 11.5 Å². The largest absolute Gasteiger partial charge is 0.497 e. The third-order valence-corrected chi connectivity index (χ3v) is 3.26. The van der Waals surface area contributed by atoms with Crippen LogP contribution in [0.4, 0.5) is 0 Å². The Labute approximate surface area is 134 Å². The van der Waals surface area contributed by atoms with Gasteiger partial charge < -0.3 is 18.3 Å². The lowest BCUT2D eigenvalue weighted by molar-refractivity contribution is 0.414. The van der Waals surface area contributed by atoms with E-state index in [2.05, 4.69) is 9.97 Å². The molecule has 8 nitrogen and oxygen atoms in total. The molecule has 0 fully saturated rings. The minimum absolute atomic E-state index is 0.446. The molecule has 0 aliphatic carbocycles. The predicted octanol–water partition coefficient (Wildman–Crippen LogP) is 2.26. The number of rotatable bonds is 2. The summed E-state index contributed by atoms with van der Waals surface area (Å²) in [7, 11) is 3.12. The fraction of sp³-hybridized carbons (Fsp3) is 0.125. The highest BCUT2D eigenvalue weighted by Crippen LogP contribution is 2.18. The molecular weight excluding hydrogens is 316 g/mol. The number of hydrogen-bond acceptors (Lipinski definition) is 6. The number of oxazole rings is 2. The van der Waals surface area contributed by atoms with E-state index in [1.54, 1.807) is 50.6 Å². The van der Waals surface area contributed by atoms with Gasteiger partial charge in [-0.2, -0.15) is 0 Å². The molecule has 0 aliphatic rings. The molecule has 2 aromatic heterocycles. The van der Waals surface area contributed by atoms with Crippen LogP contribution in [0.2, 0.25) is 0 Å². The van der Waals surface area contributed by atoms with Crippen molar-refractivity contribution in [2.45, 2.75) is 0 Å². The van der Waals surface area contributed by atoms with Crippen LogP contribution in [0.1, 0.15) is 0 Å². The Morgan fingerprint density at radius 1 is 0.750 bits per heavy atom. The first-order chi connectivity index (χ1) is 11.6. The van der Waals surface area contributed by atoms with Crippen LogP contribution in [-0.4, -0.2) is 24.2 Å². The van der Waals surface area contributed by atoms with Crippen molar-refractivity contribution >= 4 is 22.2 Å². The summed E-state index contributed by atoms with van der Waals surface area (Å²) in [6.07, 6.45) is 0. The van der Waals surface area contributed by atoms with Crippen molar-refractivity contribution in [3.8, 4) is 11.5 Å². The molecule has 124 valence electrons. The smallest absolute Gasteiger partial charge is 0.417 e. The molecule has 8 heteroatoms. The monoisotopic (exact) mass is 330 g/mol. The Kier molecular flexibility index (Phi) is 4.11. The van der Waals surface area contributed by atoms with E-state index in [1.165, 1.54) is 0 Å². The van der Waals surface area contributed by atoms with Gasteiger partial charge in [0.1, 0.15) is 11.5 Å². The highest BCUT2D eigenvalue weighted by atomic mass is 16.5. The van der Waals surface area contributed by atoms with E-state index >= 15 is 0 Å². The highest BCUT2D eigenvalue weighted by Gasteiger charge is 2.01. The van der Waals surface area contributed by atoms with Crippen LogP contribution >= 0.6 is 0 Å². The molecule has 24 heavy (non-hydrogen) atoms. The summed E-state index contributed by atoms with van der Waals surface area (Å²) in [5.74, 6) is 0.451. The van der Waals surface area contributed by atoms with Crippen LogP contribution in [0, 0.1) is 0 Å². The Balaban J connectivity index is 0.000000141. The zero-order chi connectivity index (χ0) is 17.1. The maximum atomic E-state index is 10.7. The second kappa shape index (κ2) is 6.37. The number of nitrogens with one attached hydrogen (secondary N) is 2. The number of benzene rings is 2. The molecule has 4 rings (SSSR count). The lowest BCUT2D eigenvalue weighted by Crippen LogP contribution is -1.92. The fourth-order valence-corrected chi connectivity index (χ4v) is 2.11. The summed E-state index contributed by atoms with van der Waals surface area (Å²) < 4.78 is 19.5. The van der Waals surface area contributed by atoms with Crippen LogP contribution in [-0.2, 0) is 0 Å². The van der Waals surface area contributed by atoms with Crippen LogP contribution in [0.15, 0.2) is 54.8 Å². The zero-order valence-electron chi connectivity index (χ0n) is 12.9. The highest BCUT2D eigenvalue weighted by molar-refractivity contribution is 5.74. The third kappa shape index (κ3) is 3.17. The summed E-state index contributed by atoms with van der Waals surface area (Å²) in [6, 6.07) is 10.3.